The normalized spacial score (nSPS) is 11.8. The Balaban J connectivity index is 0.00000484. The molecule has 1 aromatic carbocycles. The van der Waals surface area contributed by atoms with Crippen LogP contribution in [0.15, 0.2) is 29.3 Å². The molecule has 0 bridgehead atoms. The molecule has 0 heterocycles. The largest absolute Gasteiger partial charge is 0.385 e. The molecule has 0 spiro atoms. The molecule has 0 atom stereocenters. The molecule has 0 aliphatic heterocycles. The third kappa shape index (κ3) is 8.50. The summed E-state index contributed by atoms with van der Waals surface area (Å²) in [7, 11) is 1.70. The van der Waals surface area contributed by atoms with Crippen molar-refractivity contribution in [2.45, 2.75) is 32.6 Å². The summed E-state index contributed by atoms with van der Waals surface area (Å²) in [5, 5.41) is 6.49. The molecule has 23 heavy (non-hydrogen) atoms. The van der Waals surface area contributed by atoms with E-state index in [4.69, 9.17) is 4.74 Å². The molecule has 1 aromatic rings. The number of halogens is 2. The Kier molecular flexibility index (Phi) is 11.2. The minimum absolute atomic E-state index is 0. The van der Waals surface area contributed by atoms with Gasteiger partial charge in [-0.1, -0.05) is 26.0 Å². The second-order valence-corrected chi connectivity index (χ2v) is 5.86. The summed E-state index contributed by atoms with van der Waals surface area (Å²) in [6, 6.07) is 6.72. The van der Waals surface area contributed by atoms with Crippen LogP contribution in [0.25, 0.3) is 0 Å². The molecule has 0 fully saturated rings. The Morgan fingerprint density at radius 2 is 2.04 bits per heavy atom. The van der Waals surface area contributed by atoms with E-state index >= 15 is 0 Å². The lowest BCUT2D eigenvalue weighted by Gasteiger charge is -2.24. The summed E-state index contributed by atoms with van der Waals surface area (Å²) in [6.45, 7) is 9.08. The molecular weight excluding hydrogens is 408 g/mol. The lowest BCUT2D eigenvalue weighted by Crippen LogP contribution is -2.39. The van der Waals surface area contributed by atoms with Gasteiger partial charge in [0.25, 0.3) is 0 Å². The molecule has 0 radical (unpaired) electrons. The fourth-order valence-electron chi connectivity index (χ4n) is 2.04. The number of hydrogen-bond donors (Lipinski definition) is 2. The van der Waals surface area contributed by atoms with Crippen molar-refractivity contribution < 1.29 is 9.13 Å². The average molecular weight is 437 g/mol. The average Bonchev–Trinajstić information content (AvgIpc) is 2.49. The van der Waals surface area contributed by atoms with Gasteiger partial charge in [0, 0.05) is 32.2 Å². The number of aliphatic imine (C=N–C) groups is 1. The number of benzene rings is 1. The van der Waals surface area contributed by atoms with Gasteiger partial charge >= 0.3 is 0 Å². The fourth-order valence-corrected chi connectivity index (χ4v) is 2.04. The summed E-state index contributed by atoms with van der Waals surface area (Å²) in [5.74, 6) is 0.572. The lowest BCUT2D eigenvalue weighted by molar-refractivity contribution is 0.195. The third-order valence-corrected chi connectivity index (χ3v) is 3.40. The van der Waals surface area contributed by atoms with Gasteiger partial charge in [-0.25, -0.2) is 4.39 Å². The summed E-state index contributed by atoms with van der Waals surface area (Å²) in [5.41, 5.74) is 0.725. The van der Waals surface area contributed by atoms with E-state index in [0.717, 1.165) is 37.6 Å². The molecule has 0 aliphatic carbocycles. The van der Waals surface area contributed by atoms with E-state index in [-0.39, 0.29) is 35.2 Å². The Labute approximate surface area is 156 Å². The molecule has 0 amide bonds. The highest BCUT2D eigenvalue weighted by molar-refractivity contribution is 14.0. The predicted octanol–water partition coefficient (Wildman–Crippen LogP) is 3.31. The summed E-state index contributed by atoms with van der Waals surface area (Å²) in [4.78, 5) is 4.62. The van der Waals surface area contributed by atoms with Crippen molar-refractivity contribution in [1.29, 1.82) is 0 Å². The Morgan fingerprint density at radius 3 is 2.65 bits per heavy atom. The zero-order valence-corrected chi connectivity index (χ0v) is 16.8. The van der Waals surface area contributed by atoms with Crippen LogP contribution in [0.4, 0.5) is 4.39 Å². The lowest BCUT2D eigenvalue weighted by atomic mass is 9.85. The molecular formula is C17H29FIN3O. The molecule has 1 rings (SSSR count). The van der Waals surface area contributed by atoms with Crippen LogP contribution in [0.2, 0.25) is 0 Å². The second-order valence-electron chi connectivity index (χ2n) is 5.86. The van der Waals surface area contributed by atoms with E-state index < -0.39 is 0 Å². The Bertz CT molecular complexity index is 481. The van der Waals surface area contributed by atoms with Gasteiger partial charge in [-0.05, 0) is 31.0 Å². The van der Waals surface area contributed by atoms with Crippen molar-refractivity contribution in [3.05, 3.63) is 35.6 Å². The maximum atomic E-state index is 13.4. The number of rotatable bonds is 8. The zero-order valence-electron chi connectivity index (χ0n) is 14.5. The number of nitrogens with one attached hydrogen (secondary N) is 2. The number of guanidine groups is 1. The molecule has 2 N–H and O–H groups in total. The molecule has 0 aromatic heterocycles. The quantitative estimate of drug-likeness (QED) is 0.284. The summed E-state index contributed by atoms with van der Waals surface area (Å²) in [6.07, 6.45) is 0.925. The first-order valence-electron chi connectivity index (χ1n) is 7.76. The van der Waals surface area contributed by atoms with Crippen molar-refractivity contribution in [3.63, 3.8) is 0 Å². The number of nitrogens with zero attached hydrogens (tertiary/aromatic N) is 1. The number of ether oxygens (including phenoxy) is 1. The van der Waals surface area contributed by atoms with Gasteiger partial charge in [0.1, 0.15) is 5.82 Å². The third-order valence-electron chi connectivity index (χ3n) is 3.40. The van der Waals surface area contributed by atoms with Gasteiger partial charge in [0.15, 0.2) is 5.96 Å². The van der Waals surface area contributed by atoms with Crippen LogP contribution in [-0.4, -0.2) is 39.3 Å². The van der Waals surface area contributed by atoms with Gasteiger partial charge in [-0.2, -0.15) is 0 Å². The van der Waals surface area contributed by atoms with Gasteiger partial charge in [0.2, 0.25) is 0 Å². The van der Waals surface area contributed by atoms with Crippen molar-refractivity contribution in [2.24, 2.45) is 4.99 Å². The summed E-state index contributed by atoms with van der Waals surface area (Å²) >= 11 is 0. The molecule has 0 saturated heterocycles. The highest BCUT2D eigenvalue weighted by Gasteiger charge is 2.20. The molecule has 4 nitrogen and oxygen atoms in total. The zero-order chi connectivity index (χ0) is 16.4. The highest BCUT2D eigenvalue weighted by atomic mass is 127. The molecule has 0 unspecified atom stereocenters. The molecule has 6 heteroatoms. The highest BCUT2D eigenvalue weighted by Crippen LogP contribution is 2.24. The predicted molar refractivity (Wildman–Crippen MR) is 105 cm³/mol. The van der Waals surface area contributed by atoms with E-state index in [1.54, 1.807) is 19.2 Å². The van der Waals surface area contributed by atoms with Gasteiger partial charge in [0.05, 0.1) is 6.54 Å². The van der Waals surface area contributed by atoms with E-state index in [0.29, 0.717) is 6.54 Å². The maximum absolute atomic E-state index is 13.4. The first-order chi connectivity index (χ1) is 10.5. The minimum Gasteiger partial charge on any atom is -0.385 e. The molecule has 0 aliphatic rings. The monoisotopic (exact) mass is 437 g/mol. The maximum Gasteiger partial charge on any atom is 0.191 e. The number of hydrogen-bond acceptors (Lipinski definition) is 2. The topological polar surface area (TPSA) is 45.7 Å². The van der Waals surface area contributed by atoms with Crippen molar-refractivity contribution in [2.75, 3.05) is 33.4 Å². The van der Waals surface area contributed by atoms with Crippen LogP contribution >= 0.6 is 24.0 Å². The van der Waals surface area contributed by atoms with Crippen LogP contribution in [0.5, 0.6) is 0 Å². The molecule has 0 saturated carbocycles. The summed E-state index contributed by atoms with van der Waals surface area (Å²) < 4.78 is 18.4. The van der Waals surface area contributed by atoms with Crippen LogP contribution in [-0.2, 0) is 10.2 Å². The Hall–Kier alpha value is -0.890. The Morgan fingerprint density at radius 1 is 1.30 bits per heavy atom. The van der Waals surface area contributed by atoms with E-state index in [1.807, 2.05) is 13.0 Å². The minimum atomic E-state index is -0.225. The standard InChI is InChI=1S/C17H28FN3O.HI/c1-5-19-16(20-10-7-11-22-4)21-13-17(2,3)14-8-6-9-15(18)12-14;/h6,8-9,12H,5,7,10-11,13H2,1-4H3,(H2,19,20,21);1H. The van der Waals surface area contributed by atoms with E-state index in [9.17, 15) is 4.39 Å². The first-order valence-corrected chi connectivity index (χ1v) is 7.76. The smallest absolute Gasteiger partial charge is 0.191 e. The van der Waals surface area contributed by atoms with Gasteiger partial charge < -0.3 is 15.4 Å². The number of methoxy groups -OCH3 is 1. The van der Waals surface area contributed by atoms with Crippen LogP contribution in [0.1, 0.15) is 32.8 Å². The van der Waals surface area contributed by atoms with Crippen LogP contribution in [0.3, 0.4) is 0 Å². The van der Waals surface area contributed by atoms with Gasteiger partial charge in [-0.3, -0.25) is 4.99 Å². The second kappa shape index (κ2) is 11.6. The van der Waals surface area contributed by atoms with Crippen molar-refractivity contribution >= 4 is 29.9 Å². The fraction of sp³-hybridized carbons (Fsp3) is 0.588. The van der Waals surface area contributed by atoms with Crippen molar-refractivity contribution in [3.8, 4) is 0 Å². The van der Waals surface area contributed by atoms with E-state index in [2.05, 4.69) is 29.5 Å². The SMILES string of the molecule is CCNC(=NCC(C)(C)c1cccc(F)c1)NCCCOC.I. The first kappa shape index (κ1) is 22.1. The van der Waals surface area contributed by atoms with Gasteiger partial charge in [-0.15, -0.1) is 24.0 Å². The molecule has 132 valence electrons. The van der Waals surface area contributed by atoms with Crippen LogP contribution in [0, 0.1) is 5.82 Å². The van der Waals surface area contributed by atoms with E-state index in [1.165, 1.54) is 6.07 Å². The van der Waals surface area contributed by atoms with Crippen LogP contribution < -0.4 is 10.6 Å². The van der Waals surface area contributed by atoms with Crippen molar-refractivity contribution in [1.82, 2.24) is 10.6 Å².